The summed E-state index contributed by atoms with van der Waals surface area (Å²) in [5, 5.41) is 6.16. The molecule has 30 heavy (non-hydrogen) atoms. The largest absolute Gasteiger partial charge is 0.354 e. The number of carbonyl (C=O) groups is 3. The van der Waals surface area contributed by atoms with E-state index in [0.29, 0.717) is 16.8 Å². The zero-order valence-electron chi connectivity index (χ0n) is 16.5. The summed E-state index contributed by atoms with van der Waals surface area (Å²) in [5.41, 5.74) is 4.23. The van der Waals surface area contributed by atoms with Crippen molar-refractivity contribution in [2.24, 2.45) is 0 Å². The van der Waals surface area contributed by atoms with Gasteiger partial charge in [0.05, 0.1) is 22.5 Å². The van der Waals surface area contributed by atoms with Gasteiger partial charge in [0.25, 0.3) is 11.8 Å². The minimum atomic E-state index is -0.357. The zero-order chi connectivity index (χ0) is 21.1. The second-order valence-corrected chi connectivity index (χ2v) is 7.14. The molecule has 150 valence electrons. The Bertz CT molecular complexity index is 1090. The monoisotopic (exact) mass is 399 g/mol. The van der Waals surface area contributed by atoms with Crippen LogP contribution < -0.4 is 10.6 Å². The normalized spacial score (nSPS) is 12.6. The number of fused-ring (bicyclic) bond motifs is 1. The highest BCUT2D eigenvalue weighted by molar-refractivity contribution is 6.21. The number of carbonyl (C=O) groups excluding carboxylic acids is 3. The Labute approximate surface area is 174 Å². The van der Waals surface area contributed by atoms with Crippen molar-refractivity contribution in [3.05, 3.63) is 89.5 Å². The van der Waals surface area contributed by atoms with Crippen LogP contribution >= 0.6 is 0 Å². The summed E-state index contributed by atoms with van der Waals surface area (Å²) in [6.45, 7) is 2.05. The number of imide groups is 1. The first kappa shape index (κ1) is 19.4. The molecule has 6 nitrogen and oxygen atoms in total. The third-order valence-electron chi connectivity index (χ3n) is 4.97. The van der Waals surface area contributed by atoms with Gasteiger partial charge < -0.3 is 10.6 Å². The standard InChI is InChI=1S/C24H21N3O3/c1-16-10-12-17(13-11-16)25-20-8-4-5-9-21(20)26-22(28)14-15-27-23(29)18-6-2-3-7-19(18)24(27)30/h2-13,25H,14-15H2,1H3,(H,26,28). The van der Waals surface area contributed by atoms with Crippen molar-refractivity contribution in [3.63, 3.8) is 0 Å². The van der Waals surface area contributed by atoms with Crippen molar-refractivity contribution in [3.8, 4) is 0 Å². The average Bonchev–Trinajstić information content (AvgIpc) is 3.00. The number of aryl methyl sites for hydroxylation is 1. The van der Waals surface area contributed by atoms with Gasteiger partial charge in [0.1, 0.15) is 0 Å². The number of hydrogen-bond acceptors (Lipinski definition) is 4. The van der Waals surface area contributed by atoms with Crippen molar-refractivity contribution in [2.75, 3.05) is 17.2 Å². The van der Waals surface area contributed by atoms with Crippen LogP contribution in [-0.4, -0.2) is 29.2 Å². The first-order chi connectivity index (χ1) is 14.5. The first-order valence-corrected chi connectivity index (χ1v) is 9.71. The molecule has 0 radical (unpaired) electrons. The van der Waals surface area contributed by atoms with E-state index in [4.69, 9.17) is 0 Å². The maximum atomic E-state index is 12.5. The lowest BCUT2D eigenvalue weighted by Crippen LogP contribution is -2.32. The van der Waals surface area contributed by atoms with Gasteiger partial charge in [-0.3, -0.25) is 19.3 Å². The third-order valence-corrected chi connectivity index (χ3v) is 4.97. The SMILES string of the molecule is Cc1ccc(Nc2ccccc2NC(=O)CCN2C(=O)c3ccccc3C2=O)cc1. The number of para-hydroxylation sites is 2. The van der Waals surface area contributed by atoms with Crippen LogP contribution in [0.1, 0.15) is 32.7 Å². The molecule has 0 aliphatic carbocycles. The zero-order valence-corrected chi connectivity index (χ0v) is 16.5. The molecule has 3 aromatic carbocycles. The Hall–Kier alpha value is -3.93. The summed E-state index contributed by atoms with van der Waals surface area (Å²) in [4.78, 5) is 38.5. The molecule has 6 heteroatoms. The van der Waals surface area contributed by atoms with Crippen LogP contribution in [0.5, 0.6) is 0 Å². The van der Waals surface area contributed by atoms with Gasteiger partial charge in [0, 0.05) is 18.7 Å². The second kappa shape index (κ2) is 8.21. The molecule has 3 aromatic rings. The smallest absolute Gasteiger partial charge is 0.261 e. The van der Waals surface area contributed by atoms with E-state index >= 15 is 0 Å². The van der Waals surface area contributed by atoms with E-state index in [1.54, 1.807) is 30.3 Å². The lowest BCUT2D eigenvalue weighted by molar-refractivity contribution is -0.116. The Balaban J connectivity index is 1.40. The van der Waals surface area contributed by atoms with Gasteiger partial charge in [-0.2, -0.15) is 0 Å². The molecule has 4 rings (SSSR count). The Kier molecular flexibility index (Phi) is 5.30. The summed E-state index contributed by atoms with van der Waals surface area (Å²) in [7, 11) is 0. The minimum absolute atomic E-state index is 0.0182. The molecule has 0 bridgehead atoms. The molecule has 0 atom stereocenters. The number of hydrogen-bond donors (Lipinski definition) is 2. The van der Waals surface area contributed by atoms with Crippen LogP contribution in [0.2, 0.25) is 0 Å². The molecular weight excluding hydrogens is 378 g/mol. The minimum Gasteiger partial charge on any atom is -0.354 e. The van der Waals surface area contributed by atoms with Gasteiger partial charge in [-0.1, -0.05) is 42.0 Å². The van der Waals surface area contributed by atoms with Crippen LogP contribution in [0.15, 0.2) is 72.8 Å². The van der Waals surface area contributed by atoms with Gasteiger partial charge in [-0.05, 0) is 43.3 Å². The van der Waals surface area contributed by atoms with Crippen LogP contribution in [0.25, 0.3) is 0 Å². The summed E-state index contributed by atoms with van der Waals surface area (Å²) in [6.07, 6.45) is 0.0182. The van der Waals surface area contributed by atoms with E-state index in [1.165, 1.54) is 0 Å². The molecule has 0 fully saturated rings. The Morgan fingerprint density at radius 2 is 1.37 bits per heavy atom. The van der Waals surface area contributed by atoms with E-state index in [0.717, 1.165) is 21.8 Å². The topological polar surface area (TPSA) is 78.5 Å². The van der Waals surface area contributed by atoms with Crippen molar-refractivity contribution in [2.45, 2.75) is 13.3 Å². The van der Waals surface area contributed by atoms with E-state index in [1.807, 2.05) is 49.4 Å². The molecule has 1 aliphatic rings. The van der Waals surface area contributed by atoms with Gasteiger partial charge in [-0.15, -0.1) is 0 Å². The predicted molar refractivity (Wildman–Crippen MR) is 116 cm³/mol. The molecule has 0 unspecified atom stereocenters. The van der Waals surface area contributed by atoms with E-state index in [9.17, 15) is 14.4 Å². The van der Waals surface area contributed by atoms with Crippen molar-refractivity contribution in [1.29, 1.82) is 0 Å². The maximum absolute atomic E-state index is 12.5. The Morgan fingerprint density at radius 1 is 0.800 bits per heavy atom. The quantitative estimate of drug-likeness (QED) is 0.604. The molecular formula is C24H21N3O3. The fourth-order valence-electron chi connectivity index (χ4n) is 3.36. The number of nitrogens with one attached hydrogen (secondary N) is 2. The van der Waals surface area contributed by atoms with E-state index in [-0.39, 0.29) is 30.7 Å². The molecule has 3 amide bonds. The Morgan fingerprint density at radius 3 is 2.00 bits per heavy atom. The van der Waals surface area contributed by atoms with Gasteiger partial charge in [0.15, 0.2) is 0 Å². The van der Waals surface area contributed by atoms with Gasteiger partial charge in [0.2, 0.25) is 5.91 Å². The molecule has 0 saturated carbocycles. The summed E-state index contributed by atoms with van der Waals surface area (Å²) in [5.74, 6) is -0.987. The number of nitrogens with zero attached hydrogens (tertiary/aromatic N) is 1. The number of benzene rings is 3. The number of amides is 3. The van der Waals surface area contributed by atoms with E-state index in [2.05, 4.69) is 10.6 Å². The highest BCUT2D eigenvalue weighted by Gasteiger charge is 2.34. The maximum Gasteiger partial charge on any atom is 0.261 e. The van der Waals surface area contributed by atoms with E-state index < -0.39 is 0 Å². The molecule has 1 heterocycles. The van der Waals surface area contributed by atoms with Gasteiger partial charge in [-0.25, -0.2) is 0 Å². The molecule has 0 aromatic heterocycles. The lowest BCUT2D eigenvalue weighted by atomic mass is 10.1. The average molecular weight is 399 g/mol. The fraction of sp³-hybridized carbons (Fsp3) is 0.125. The predicted octanol–water partition coefficient (Wildman–Crippen LogP) is 4.36. The third kappa shape index (κ3) is 3.93. The van der Waals surface area contributed by atoms with Crippen LogP contribution in [0.4, 0.5) is 17.1 Å². The van der Waals surface area contributed by atoms with Crippen molar-refractivity contribution in [1.82, 2.24) is 4.90 Å². The van der Waals surface area contributed by atoms with Crippen LogP contribution in [-0.2, 0) is 4.79 Å². The van der Waals surface area contributed by atoms with Crippen LogP contribution in [0, 0.1) is 6.92 Å². The van der Waals surface area contributed by atoms with Gasteiger partial charge >= 0.3 is 0 Å². The number of rotatable bonds is 6. The summed E-state index contributed by atoms with van der Waals surface area (Å²) in [6, 6.07) is 22.0. The summed E-state index contributed by atoms with van der Waals surface area (Å²) < 4.78 is 0. The highest BCUT2D eigenvalue weighted by Crippen LogP contribution is 2.26. The van der Waals surface area contributed by atoms with Crippen LogP contribution in [0.3, 0.4) is 0 Å². The highest BCUT2D eigenvalue weighted by atomic mass is 16.2. The molecule has 1 aliphatic heterocycles. The lowest BCUT2D eigenvalue weighted by Gasteiger charge is -2.15. The first-order valence-electron chi connectivity index (χ1n) is 9.71. The summed E-state index contributed by atoms with van der Waals surface area (Å²) >= 11 is 0. The fourth-order valence-corrected chi connectivity index (χ4v) is 3.36. The van der Waals surface area contributed by atoms with Crippen molar-refractivity contribution < 1.29 is 14.4 Å². The molecule has 2 N–H and O–H groups in total. The number of anilines is 3. The molecule has 0 saturated heterocycles. The van der Waals surface area contributed by atoms with Crippen molar-refractivity contribution >= 4 is 34.8 Å². The molecule has 0 spiro atoms. The second-order valence-electron chi connectivity index (χ2n) is 7.14.